The van der Waals surface area contributed by atoms with Crippen LogP contribution in [0.15, 0.2) is 30.3 Å². The molecule has 0 atom stereocenters. The van der Waals surface area contributed by atoms with Gasteiger partial charge in [0, 0.05) is 10.2 Å². The minimum Gasteiger partial charge on any atom is -0.0708 e. The molecule has 0 saturated heterocycles. The molecule has 0 aliphatic heterocycles. The molecular weight excluding hydrogens is 111 g/mol. The van der Waals surface area contributed by atoms with Crippen LogP contribution in [0.4, 0.5) is 0 Å². The van der Waals surface area contributed by atoms with Crippen LogP contribution in [0.2, 0.25) is 0 Å². The summed E-state index contributed by atoms with van der Waals surface area (Å²) in [4.78, 5) is 0. The minimum atomic E-state index is 0. The fraction of sp³-hybridized carbons (Fsp3) is 0. The van der Waals surface area contributed by atoms with Crippen LogP contribution in [0.3, 0.4) is 0 Å². The molecule has 0 nitrogen and oxygen atoms in total. The van der Waals surface area contributed by atoms with Crippen LogP contribution < -0.4 is 5.19 Å². The first-order valence-electron chi connectivity index (χ1n) is 2.41. The molecular formula is C6H11BSi. The minimum absolute atomic E-state index is 0. The van der Waals surface area contributed by atoms with Crippen molar-refractivity contribution in [2.45, 2.75) is 0 Å². The predicted molar refractivity (Wildman–Crippen MR) is 46.0 cm³/mol. The predicted octanol–water partition coefficient (Wildman–Crippen LogP) is -1.51. The number of hydrogen-bond donors (Lipinski definition) is 0. The van der Waals surface area contributed by atoms with E-state index in [1.807, 2.05) is 6.07 Å². The van der Waals surface area contributed by atoms with Crippen molar-refractivity contribution >= 4 is 23.8 Å². The van der Waals surface area contributed by atoms with E-state index in [1.165, 1.54) is 15.4 Å². The SMILES string of the molecule is B.[SiH3]c1ccccc1. The Labute approximate surface area is 54.9 Å². The van der Waals surface area contributed by atoms with Gasteiger partial charge in [0.1, 0.15) is 0 Å². The fourth-order valence-corrected chi connectivity index (χ4v) is 0.919. The Morgan fingerprint density at radius 1 is 1.00 bits per heavy atom. The lowest BCUT2D eigenvalue weighted by molar-refractivity contribution is 1.78. The molecule has 0 N–H and O–H groups in total. The Kier molecular flexibility index (Phi) is 3.28. The van der Waals surface area contributed by atoms with Gasteiger partial charge in [0.05, 0.1) is 8.41 Å². The smallest absolute Gasteiger partial charge is 0.0708 e. The van der Waals surface area contributed by atoms with Crippen LogP contribution in [0.25, 0.3) is 0 Å². The van der Waals surface area contributed by atoms with Gasteiger partial charge in [0.25, 0.3) is 0 Å². The zero-order valence-corrected chi connectivity index (χ0v) is 6.39. The van der Waals surface area contributed by atoms with Crippen molar-refractivity contribution in [3.63, 3.8) is 0 Å². The maximum Gasteiger partial charge on any atom is 0.0814 e. The summed E-state index contributed by atoms with van der Waals surface area (Å²) < 4.78 is 0. The third-order valence-electron chi connectivity index (χ3n) is 0.940. The first-order chi connectivity index (χ1) is 3.39. The molecule has 2 heteroatoms. The number of hydrogen-bond acceptors (Lipinski definition) is 0. The van der Waals surface area contributed by atoms with Gasteiger partial charge in [-0.25, -0.2) is 0 Å². The highest BCUT2D eigenvalue weighted by Gasteiger charge is 1.72. The lowest BCUT2D eigenvalue weighted by Crippen LogP contribution is -1.97. The average molecular weight is 122 g/mol. The van der Waals surface area contributed by atoms with Gasteiger partial charge in [0.2, 0.25) is 0 Å². The van der Waals surface area contributed by atoms with Gasteiger partial charge in [-0.3, -0.25) is 0 Å². The fourth-order valence-electron chi connectivity index (χ4n) is 0.534. The first-order valence-corrected chi connectivity index (χ1v) is 3.41. The Morgan fingerprint density at radius 2 is 1.50 bits per heavy atom. The van der Waals surface area contributed by atoms with Gasteiger partial charge in [-0.1, -0.05) is 35.5 Å². The first kappa shape index (κ1) is 7.50. The Hall–Kier alpha value is -0.498. The summed E-state index contributed by atoms with van der Waals surface area (Å²) in [6, 6.07) is 10.5. The van der Waals surface area contributed by atoms with Crippen LogP contribution >= 0.6 is 0 Å². The van der Waals surface area contributed by atoms with Crippen LogP contribution in [0, 0.1) is 0 Å². The summed E-state index contributed by atoms with van der Waals surface area (Å²) >= 11 is 0. The summed E-state index contributed by atoms with van der Waals surface area (Å²) in [6.07, 6.45) is 0. The van der Waals surface area contributed by atoms with Crippen molar-refractivity contribution in [2.75, 3.05) is 0 Å². The molecule has 0 aromatic heterocycles. The van der Waals surface area contributed by atoms with Gasteiger partial charge in [0.15, 0.2) is 0 Å². The van der Waals surface area contributed by atoms with Crippen molar-refractivity contribution in [3.8, 4) is 0 Å². The van der Waals surface area contributed by atoms with Crippen molar-refractivity contribution in [1.29, 1.82) is 0 Å². The van der Waals surface area contributed by atoms with Crippen molar-refractivity contribution in [2.24, 2.45) is 0 Å². The summed E-state index contributed by atoms with van der Waals surface area (Å²) in [5.74, 6) is 0. The molecule has 0 amide bonds. The molecule has 42 valence electrons. The van der Waals surface area contributed by atoms with E-state index >= 15 is 0 Å². The molecule has 0 unspecified atom stereocenters. The van der Waals surface area contributed by atoms with E-state index in [1.54, 1.807) is 0 Å². The van der Waals surface area contributed by atoms with E-state index in [0.29, 0.717) is 0 Å². The number of benzene rings is 1. The van der Waals surface area contributed by atoms with E-state index in [2.05, 4.69) is 24.3 Å². The van der Waals surface area contributed by atoms with Crippen LogP contribution in [0.5, 0.6) is 0 Å². The highest BCUT2D eigenvalue weighted by atomic mass is 28.1. The van der Waals surface area contributed by atoms with Crippen LogP contribution in [-0.4, -0.2) is 18.7 Å². The lowest BCUT2D eigenvalue weighted by Gasteiger charge is -1.82. The molecule has 0 radical (unpaired) electrons. The molecule has 0 bridgehead atoms. The van der Waals surface area contributed by atoms with Crippen LogP contribution in [0.1, 0.15) is 0 Å². The summed E-state index contributed by atoms with van der Waals surface area (Å²) in [6.45, 7) is 0. The van der Waals surface area contributed by atoms with Gasteiger partial charge in [-0.2, -0.15) is 0 Å². The highest BCUT2D eigenvalue weighted by molar-refractivity contribution is 6.32. The third-order valence-corrected chi connectivity index (χ3v) is 1.61. The van der Waals surface area contributed by atoms with Gasteiger partial charge >= 0.3 is 0 Å². The maximum absolute atomic E-state index is 2.15. The Morgan fingerprint density at radius 3 is 1.75 bits per heavy atom. The standard InChI is InChI=1S/C6H8Si.BH3/c7-6-4-2-1-3-5-6;/h1-5H,7H3;1H3. The normalized spacial score (nSPS) is 8.00. The van der Waals surface area contributed by atoms with Crippen molar-refractivity contribution in [3.05, 3.63) is 30.3 Å². The molecule has 0 heterocycles. The zero-order chi connectivity index (χ0) is 5.11. The molecule has 0 spiro atoms. The second kappa shape index (κ2) is 3.50. The van der Waals surface area contributed by atoms with Gasteiger partial charge < -0.3 is 0 Å². The second-order valence-electron chi connectivity index (χ2n) is 1.65. The summed E-state index contributed by atoms with van der Waals surface area (Å²) in [5.41, 5.74) is 0. The van der Waals surface area contributed by atoms with Crippen molar-refractivity contribution in [1.82, 2.24) is 0 Å². The third kappa shape index (κ3) is 1.98. The Bertz CT molecular complexity index is 138. The van der Waals surface area contributed by atoms with Gasteiger partial charge in [-0.15, -0.1) is 0 Å². The van der Waals surface area contributed by atoms with Crippen LogP contribution in [-0.2, 0) is 0 Å². The largest absolute Gasteiger partial charge is 0.0814 e. The van der Waals surface area contributed by atoms with E-state index in [-0.39, 0.29) is 8.41 Å². The zero-order valence-electron chi connectivity index (χ0n) is 4.39. The quantitative estimate of drug-likeness (QED) is 0.367. The second-order valence-corrected chi connectivity index (χ2v) is 2.81. The average Bonchev–Trinajstić information content (AvgIpc) is 1.69. The molecule has 0 aliphatic carbocycles. The molecule has 1 aromatic rings. The van der Waals surface area contributed by atoms with Gasteiger partial charge in [-0.05, 0) is 0 Å². The molecule has 0 saturated carbocycles. The van der Waals surface area contributed by atoms with E-state index in [4.69, 9.17) is 0 Å². The van der Waals surface area contributed by atoms with E-state index in [9.17, 15) is 0 Å². The molecule has 0 fully saturated rings. The molecule has 1 rings (SSSR count). The molecule has 8 heavy (non-hydrogen) atoms. The van der Waals surface area contributed by atoms with E-state index < -0.39 is 0 Å². The van der Waals surface area contributed by atoms with Crippen molar-refractivity contribution < 1.29 is 0 Å². The molecule has 0 aliphatic rings. The van der Waals surface area contributed by atoms with E-state index in [0.717, 1.165) is 0 Å². The maximum atomic E-state index is 2.15. The lowest BCUT2D eigenvalue weighted by atomic mass is 10.4. The Balaban J connectivity index is 0.000000490. The monoisotopic (exact) mass is 122 g/mol. The highest BCUT2D eigenvalue weighted by Crippen LogP contribution is 1.76. The molecule has 1 aromatic carbocycles. The number of rotatable bonds is 0. The summed E-state index contributed by atoms with van der Waals surface area (Å²) in [5, 5.41) is 1.46. The topological polar surface area (TPSA) is 0 Å². The summed E-state index contributed by atoms with van der Waals surface area (Å²) in [7, 11) is 1.17.